The van der Waals surface area contributed by atoms with Gasteiger partial charge in [0.05, 0.1) is 18.0 Å². The van der Waals surface area contributed by atoms with Crippen molar-refractivity contribution in [1.29, 1.82) is 0 Å². The average Bonchev–Trinajstić information content (AvgIpc) is 2.51. The van der Waals surface area contributed by atoms with Gasteiger partial charge < -0.3 is 15.0 Å². The van der Waals surface area contributed by atoms with E-state index in [-0.39, 0.29) is 17.0 Å². The van der Waals surface area contributed by atoms with E-state index in [4.69, 9.17) is 9.88 Å². The molecule has 0 radical (unpaired) electrons. The Hall–Kier alpha value is -2.58. The largest absolute Gasteiger partial charge is 0.487 e. The summed E-state index contributed by atoms with van der Waals surface area (Å²) in [5.41, 5.74) is 0.500. The zero-order valence-corrected chi connectivity index (χ0v) is 13.6. The maximum Gasteiger partial charge on any atom is 0.322 e. The molecule has 1 fully saturated rings. The number of ether oxygens (including phenoxy) is 1. The number of benzene rings is 2. The summed E-state index contributed by atoms with van der Waals surface area (Å²) >= 11 is 0. The standard InChI is InChI=1S/C16H17N3O4S/c17-24(21,22)15-8-6-12(7-9-15)18-16(20)19-10-14(11-19)23-13-4-2-1-3-5-13/h1-9,14H,10-11H2,(H,18,20)(H2,17,21,22). The minimum absolute atomic E-state index is 0.000717. The number of nitrogens with one attached hydrogen (secondary N) is 1. The first-order valence-electron chi connectivity index (χ1n) is 7.32. The van der Waals surface area contributed by atoms with Crippen LogP contribution in [-0.4, -0.2) is 38.5 Å². The molecular weight excluding hydrogens is 330 g/mol. The third kappa shape index (κ3) is 3.84. The van der Waals surface area contributed by atoms with Crippen molar-refractivity contribution in [2.24, 2.45) is 5.14 Å². The lowest BCUT2D eigenvalue weighted by molar-refractivity contribution is 0.0493. The molecule has 8 heteroatoms. The Kier molecular flexibility index (Phi) is 4.41. The fraction of sp³-hybridized carbons (Fsp3) is 0.188. The van der Waals surface area contributed by atoms with Crippen LogP contribution in [0.15, 0.2) is 59.5 Å². The monoisotopic (exact) mass is 347 g/mol. The van der Waals surface area contributed by atoms with E-state index in [0.717, 1.165) is 5.75 Å². The second-order valence-corrected chi connectivity index (χ2v) is 7.02. The van der Waals surface area contributed by atoms with E-state index in [0.29, 0.717) is 18.8 Å². The number of hydrogen-bond acceptors (Lipinski definition) is 4. The van der Waals surface area contributed by atoms with Gasteiger partial charge in [-0.3, -0.25) is 0 Å². The minimum Gasteiger partial charge on any atom is -0.487 e. The molecule has 7 nitrogen and oxygen atoms in total. The van der Waals surface area contributed by atoms with Gasteiger partial charge in [0.1, 0.15) is 11.9 Å². The van der Waals surface area contributed by atoms with Crippen molar-refractivity contribution in [3.63, 3.8) is 0 Å². The third-order valence-electron chi connectivity index (χ3n) is 3.62. The zero-order chi connectivity index (χ0) is 17.2. The van der Waals surface area contributed by atoms with Gasteiger partial charge in [0, 0.05) is 5.69 Å². The molecule has 0 saturated carbocycles. The van der Waals surface area contributed by atoms with Gasteiger partial charge in [-0.2, -0.15) is 0 Å². The van der Waals surface area contributed by atoms with Crippen molar-refractivity contribution < 1.29 is 17.9 Å². The molecular formula is C16H17N3O4S. The number of amides is 2. The molecule has 1 saturated heterocycles. The highest BCUT2D eigenvalue weighted by Gasteiger charge is 2.32. The Morgan fingerprint density at radius 2 is 1.71 bits per heavy atom. The molecule has 1 heterocycles. The smallest absolute Gasteiger partial charge is 0.322 e. The van der Waals surface area contributed by atoms with E-state index in [9.17, 15) is 13.2 Å². The number of rotatable bonds is 4. The van der Waals surface area contributed by atoms with Crippen LogP contribution in [0.25, 0.3) is 0 Å². The van der Waals surface area contributed by atoms with Crippen LogP contribution in [0.4, 0.5) is 10.5 Å². The maximum atomic E-state index is 12.1. The van der Waals surface area contributed by atoms with Crippen molar-refractivity contribution in [1.82, 2.24) is 4.90 Å². The zero-order valence-electron chi connectivity index (χ0n) is 12.8. The Labute approximate surface area is 140 Å². The van der Waals surface area contributed by atoms with Crippen LogP contribution >= 0.6 is 0 Å². The minimum atomic E-state index is -3.73. The quantitative estimate of drug-likeness (QED) is 0.877. The topological polar surface area (TPSA) is 102 Å². The lowest BCUT2D eigenvalue weighted by Gasteiger charge is -2.38. The maximum absolute atomic E-state index is 12.1. The summed E-state index contributed by atoms with van der Waals surface area (Å²) < 4.78 is 28.1. The van der Waals surface area contributed by atoms with Gasteiger partial charge in [-0.1, -0.05) is 18.2 Å². The Balaban J connectivity index is 1.50. The van der Waals surface area contributed by atoms with Crippen molar-refractivity contribution in [3.8, 4) is 5.75 Å². The number of likely N-dealkylation sites (tertiary alicyclic amines) is 1. The molecule has 0 bridgehead atoms. The molecule has 2 amide bonds. The van der Waals surface area contributed by atoms with Crippen LogP contribution in [-0.2, 0) is 10.0 Å². The first-order valence-corrected chi connectivity index (χ1v) is 8.87. The average molecular weight is 347 g/mol. The third-order valence-corrected chi connectivity index (χ3v) is 4.54. The van der Waals surface area contributed by atoms with Gasteiger partial charge in [0.2, 0.25) is 10.0 Å². The number of carbonyl (C=O) groups is 1. The number of nitrogens with zero attached hydrogens (tertiary/aromatic N) is 1. The number of hydrogen-bond donors (Lipinski definition) is 2. The molecule has 126 valence electrons. The number of carbonyl (C=O) groups excluding carboxylic acids is 1. The number of sulfonamides is 1. The van der Waals surface area contributed by atoms with Crippen LogP contribution in [0.5, 0.6) is 5.75 Å². The Morgan fingerprint density at radius 3 is 2.29 bits per heavy atom. The van der Waals surface area contributed by atoms with Gasteiger partial charge in [0.25, 0.3) is 0 Å². The van der Waals surface area contributed by atoms with Crippen LogP contribution < -0.4 is 15.2 Å². The Bertz CT molecular complexity index is 816. The molecule has 0 spiro atoms. The van der Waals surface area contributed by atoms with Crippen LogP contribution in [0.3, 0.4) is 0 Å². The number of primary sulfonamides is 1. The molecule has 2 aromatic carbocycles. The molecule has 1 aliphatic rings. The highest BCUT2D eigenvalue weighted by atomic mass is 32.2. The molecule has 3 rings (SSSR count). The van der Waals surface area contributed by atoms with Crippen LogP contribution in [0.1, 0.15) is 0 Å². The molecule has 2 aromatic rings. The lowest BCUT2D eigenvalue weighted by Crippen LogP contribution is -2.57. The SMILES string of the molecule is NS(=O)(=O)c1ccc(NC(=O)N2CC(Oc3ccccc3)C2)cc1. The van der Waals surface area contributed by atoms with Gasteiger partial charge in [-0.15, -0.1) is 0 Å². The van der Waals surface area contributed by atoms with Gasteiger partial charge in [-0.05, 0) is 36.4 Å². The van der Waals surface area contributed by atoms with Gasteiger partial charge in [0.15, 0.2) is 0 Å². The number of para-hydroxylation sites is 1. The van der Waals surface area contributed by atoms with Crippen molar-refractivity contribution in [2.45, 2.75) is 11.0 Å². The fourth-order valence-electron chi connectivity index (χ4n) is 2.30. The number of anilines is 1. The molecule has 0 aromatic heterocycles. The number of urea groups is 1. The summed E-state index contributed by atoms with van der Waals surface area (Å²) in [5.74, 6) is 0.779. The van der Waals surface area contributed by atoms with Crippen LogP contribution in [0.2, 0.25) is 0 Å². The van der Waals surface area contributed by atoms with E-state index in [1.54, 1.807) is 4.90 Å². The van der Waals surface area contributed by atoms with E-state index < -0.39 is 10.0 Å². The van der Waals surface area contributed by atoms with Gasteiger partial charge >= 0.3 is 6.03 Å². The lowest BCUT2D eigenvalue weighted by atomic mass is 10.2. The fourth-order valence-corrected chi connectivity index (χ4v) is 2.82. The highest BCUT2D eigenvalue weighted by molar-refractivity contribution is 7.89. The Morgan fingerprint density at radius 1 is 1.08 bits per heavy atom. The molecule has 1 aliphatic heterocycles. The summed E-state index contributed by atoms with van der Waals surface area (Å²) in [6.07, 6.45) is -0.0251. The van der Waals surface area contributed by atoms with E-state index in [1.165, 1.54) is 24.3 Å². The van der Waals surface area contributed by atoms with E-state index >= 15 is 0 Å². The normalized spacial score (nSPS) is 14.8. The molecule has 0 atom stereocenters. The summed E-state index contributed by atoms with van der Waals surface area (Å²) in [5, 5.41) is 7.73. The highest BCUT2D eigenvalue weighted by Crippen LogP contribution is 2.19. The predicted octanol–water partition coefficient (Wildman–Crippen LogP) is 1.63. The van der Waals surface area contributed by atoms with Crippen LogP contribution in [0, 0.1) is 0 Å². The van der Waals surface area contributed by atoms with Crippen molar-refractivity contribution in [2.75, 3.05) is 18.4 Å². The van der Waals surface area contributed by atoms with Crippen molar-refractivity contribution in [3.05, 3.63) is 54.6 Å². The molecule has 24 heavy (non-hydrogen) atoms. The molecule has 0 aliphatic carbocycles. The molecule has 0 unspecified atom stereocenters. The summed E-state index contributed by atoms with van der Waals surface area (Å²) in [4.78, 5) is 13.7. The summed E-state index contributed by atoms with van der Waals surface area (Å²) in [6, 6.07) is 14.9. The van der Waals surface area contributed by atoms with Crippen molar-refractivity contribution >= 4 is 21.7 Å². The van der Waals surface area contributed by atoms with E-state index in [2.05, 4.69) is 5.32 Å². The first kappa shape index (κ1) is 16.3. The predicted molar refractivity (Wildman–Crippen MR) is 89.3 cm³/mol. The summed E-state index contributed by atoms with van der Waals surface area (Å²) in [7, 11) is -3.73. The number of nitrogens with two attached hydrogens (primary N) is 1. The summed E-state index contributed by atoms with van der Waals surface area (Å²) in [6.45, 7) is 0.992. The van der Waals surface area contributed by atoms with E-state index in [1.807, 2.05) is 30.3 Å². The van der Waals surface area contributed by atoms with Gasteiger partial charge in [-0.25, -0.2) is 18.4 Å². The second kappa shape index (κ2) is 6.50. The second-order valence-electron chi connectivity index (χ2n) is 5.46. The first-order chi connectivity index (χ1) is 11.4. The molecule has 3 N–H and O–H groups in total.